The van der Waals surface area contributed by atoms with Crippen LogP contribution in [-0.4, -0.2) is 25.2 Å². The van der Waals surface area contributed by atoms with E-state index in [1.165, 1.54) is 0 Å². The molecule has 0 amide bonds. The molecule has 0 aliphatic heterocycles. The number of hydrogen-bond acceptors (Lipinski definition) is 5. The molecule has 0 spiro atoms. The number of nitrogen functional groups attached to an aromatic ring is 1. The first-order chi connectivity index (χ1) is 9.31. The lowest BCUT2D eigenvalue weighted by molar-refractivity contribution is -0.154. The van der Waals surface area contributed by atoms with Gasteiger partial charge in [0.2, 0.25) is 0 Å². The number of methoxy groups -OCH3 is 1. The van der Waals surface area contributed by atoms with E-state index in [9.17, 15) is 4.79 Å². The van der Waals surface area contributed by atoms with Crippen LogP contribution >= 0.6 is 0 Å². The molecule has 1 rings (SSSR count). The molecule has 0 radical (unpaired) electrons. The SMILES string of the molecule is COc1ccc(N)c(NCCCC(=O)OC(C)(C)C)c1. The third-order valence-corrected chi connectivity index (χ3v) is 2.55. The lowest BCUT2D eigenvalue weighted by Gasteiger charge is -2.19. The second-order valence-corrected chi connectivity index (χ2v) is 5.57. The van der Waals surface area contributed by atoms with Crippen molar-refractivity contribution in [3.05, 3.63) is 18.2 Å². The molecule has 20 heavy (non-hydrogen) atoms. The summed E-state index contributed by atoms with van der Waals surface area (Å²) in [7, 11) is 1.61. The largest absolute Gasteiger partial charge is 0.497 e. The highest BCUT2D eigenvalue weighted by atomic mass is 16.6. The van der Waals surface area contributed by atoms with Crippen LogP contribution in [0.25, 0.3) is 0 Å². The van der Waals surface area contributed by atoms with E-state index in [1.807, 2.05) is 26.8 Å². The molecule has 0 aliphatic carbocycles. The van der Waals surface area contributed by atoms with E-state index >= 15 is 0 Å². The fourth-order valence-electron chi connectivity index (χ4n) is 1.66. The molecule has 5 nitrogen and oxygen atoms in total. The number of nitrogens with two attached hydrogens (primary N) is 1. The Kier molecular flexibility index (Phi) is 5.67. The number of rotatable bonds is 6. The first kappa shape index (κ1) is 16.1. The highest BCUT2D eigenvalue weighted by molar-refractivity contribution is 5.70. The van der Waals surface area contributed by atoms with Gasteiger partial charge in [0.1, 0.15) is 11.4 Å². The Labute approximate surface area is 120 Å². The average molecular weight is 280 g/mol. The molecular formula is C15H24N2O3. The number of hydrogen-bond donors (Lipinski definition) is 2. The monoisotopic (exact) mass is 280 g/mol. The van der Waals surface area contributed by atoms with Gasteiger partial charge in [-0.2, -0.15) is 0 Å². The second kappa shape index (κ2) is 7.03. The van der Waals surface area contributed by atoms with Gasteiger partial charge >= 0.3 is 5.97 Å². The number of benzene rings is 1. The van der Waals surface area contributed by atoms with Crippen molar-refractivity contribution >= 4 is 17.3 Å². The normalized spacial score (nSPS) is 11.0. The van der Waals surface area contributed by atoms with Crippen LogP contribution in [0.15, 0.2) is 18.2 Å². The Morgan fingerprint density at radius 3 is 2.65 bits per heavy atom. The van der Waals surface area contributed by atoms with E-state index in [0.717, 1.165) is 11.4 Å². The zero-order valence-electron chi connectivity index (χ0n) is 12.7. The standard InChI is InChI=1S/C15H24N2O3/c1-15(2,3)20-14(18)6-5-9-17-13-10-11(19-4)7-8-12(13)16/h7-8,10,17H,5-6,9,16H2,1-4H3. The van der Waals surface area contributed by atoms with Gasteiger partial charge in [-0.25, -0.2) is 0 Å². The summed E-state index contributed by atoms with van der Waals surface area (Å²) in [6, 6.07) is 5.43. The van der Waals surface area contributed by atoms with Gasteiger partial charge in [-0.3, -0.25) is 4.79 Å². The van der Waals surface area contributed by atoms with E-state index in [2.05, 4.69) is 5.32 Å². The van der Waals surface area contributed by atoms with E-state index in [-0.39, 0.29) is 5.97 Å². The summed E-state index contributed by atoms with van der Waals surface area (Å²) in [5.41, 5.74) is 6.90. The topological polar surface area (TPSA) is 73.6 Å². The van der Waals surface area contributed by atoms with Crippen molar-refractivity contribution in [2.75, 3.05) is 24.7 Å². The van der Waals surface area contributed by atoms with E-state index in [0.29, 0.717) is 25.1 Å². The molecule has 0 unspecified atom stereocenters. The van der Waals surface area contributed by atoms with Gasteiger partial charge in [0.05, 0.1) is 18.5 Å². The molecule has 0 aromatic heterocycles. The smallest absolute Gasteiger partial charge is 0.306 e. The lowest BCUT2D eigenvalue weighted by atomic mass is 10.2. The van der Waals surface area contributed by atoms with Gasteiger partial charge in [-0.05, 0) is 39.3 Å². The van der Waals surface area contributed by atoms with Crippen molar-refractivity contribution in [3.8, 4) is 5.75 Å². The van der Waals surface area contributed by atoms with Crippen LogP contribution in [0, 0.1) is 0 Å². The van der Waals surface area contributed by atoms with Crippen molar-refractivity contribution in [3.63, 3.8) is 0 Å². The number of nitrogens with one attached hydrogen (secondary N) is 1. The summed E-state index contributed by atoms with van der Waals surface area (Å²) in [5.74, 6) is 0.562. The average Bonchev–Trinajstić information content (AvgIpc) is 2.34. The van der Waals surface area contributed by atoms with Gasteiger partial charge in [0.25, 0.3) is 0 Å². The Bertz CT molecular complexity index is 453. The number of esters is 1. The fourth-order valence-corrected chi connectivity index (χ4v) is 1.66. The van der Waals surface area contributed by atoms with Gasteiger partial charge in [-0.15, -0.1) is 0 Å². The van der Waals surface area contributed by atoms with Gasteiger partial charge in [-0.1, -0.05) is 0 Å². The summed E-state index contributed by atoms with van der Waals surface area (Å²) in [6.07, 6.45) is 1.07. The third-order valence-electron chi connectivity index (χ3n) is 2.55. The van der Waals surface area contributed by atoms with Crippen LogP contribution < -0.4 is 15.8 Å². The maximum atomic E-state index is 11.5. The van der Waals surface area contributed by atoms with Crippen LogP contribution in [0.2, 0.25) is 0 Å². The van der Waals surface area contributed by atoms with Crippen LogP contribution in [0.5, 0.6) is 5.75 Å². The highest BCUT2D eigenvalue weighted by Gasteiger charge is 2.15. The quantitative estimate of drug-likeness (QED) is 0.476. The molecule has 0 saturated carbocycles. The van der Waals surface area contributed by atoms with Crippen molar-refractivity contribution < 1.29 is 14.3 Å². The minimum absolute atomic E-state index is 0.182. The maximum absolute atomic E-state index is 11.5. The third kappa shape index (κ3) is 5.82. The first-order valence-electron chi connectivity index (χ1n) is 6.71. The van der Waals surface area contributed by atoms with E-state index < -0.39 is 5.60 Å². The summed E-state index contributed by atoms with van der Waals surface area (Å²) in [4.78, 5) is 11.5. The number of ether oxygens (including phenoxy) is 2. The molecule has 0 heterocycles. The number of carbonyl (C=O) groups is 1. The predicted molar refractivity (Wildman–Crippen MR) is 81.0 cm³/mol. The molecule has 3 N–H and O–H groups in total. The van der Waals surface area contributed by atoms with Crippen LogP contribution in [-0.2, 0) is 9.53 Å². The van der Waals surface area contributed by atoms with Crippen molar-refractivity contribution in [1.29, 1.82) is 0 Å². The zero-order chi connectivity index (χ0) is 15.2. The van der Waals surface area contributed by atoms with Gasteiger partial charge < -0.3 is 20.5 Å². The molecule has 1 aromatic rings. The fraction of sp³-hybridized carbons (Fsp3) is 0.533. The molecule has 0 saturated heterocycles. The predicted octanol–water partition coefficient (Wildman–Crippen LogP) is 2.81. The molecule has 0 aliphatic rings. The molecular weight excluding hydrogens is 256 g/mol. The van der Waals surface area contributed by atoms with Crippen LogP contribution in [0.3, 0.4) is 0 Å². The Hall–Kier alpha value is -1.91. The van der Waals surface area contributed by atoms with Gasteiger partial charge in [0, 0.05) is 19.0 Å². The molecule has 112 valence electrons. The Morgan fingerprint density at radius 2 is 2.05 bits per heavy atom. The first-order valence-corrected chi connectivity index (χ1v) is 6.71. The van der Waals surface area contributed by atoms with Gasteiger partial charge in [0.15, 0.2) is 0 Å². The summed E-state index contributed by atoms with van der Waals surface area (Å²) in [6.45, 7) is 6.23. The van der Waals surface area contributed by atoms with E-state index in [4.69, 9.17) is 15.2 Å². The Balaban J connectivity index is 2.36. The lowest BCUT2D eigenvalue weighted by Crippen LogP contribution is -2.24. The van der Waals surface area contributed by atoms with Crippen LogP contribution in [0.1, 0.15) is 33.6 Å². The zero-order valence-corrected chi connectivity index (χ0v) is 12.7. The maximum Gasteiger partial charge on any atom is 0.306 e. The van der Waals surface area contributed by atoms with E-state index in [1.54, 1.807) is 19.2 Å². The second-order valence-electron chi connectivity index (χ2n) is 5.57. The van der Waals surface area contributed by atoms with Crippen LogP contribution in [0.4, 0.5) is 11.4 Å². The molecule has 0 fully saturated rings. The van der Waals surface area contributed by atoms with Crippen molar-refractivity contribution in [2.24, 2.45) is 0 Å². The molecule has 5 heteroatoms. The summed E-state index contributed by atoms with van der Waals surface area (Å²) < 4.78 is 10.4. The number of anilines is 2. The highest BCUT2D eigenvalue weighted by Crippen LogP contribution is 2.24. The molecule has 0 bridgehead atoms. The number of carbonyl (C=O) groups excluding carboxylic acids is 1. The molecule has 0 atom stereocenters. The minimum Gasteiger partial charge on any atom is -0.497 e. The Morgan fingerprint density at radius 1 is 1.35 bits per heavy atom. The summed E-state index contributed by atoms with van der Waals surface area (Å²) in [5, 5.41) is 3.19. The molecule has 1 aromatic carbocycles. The summed E-state index contributed by atoms with van der Waals surface area (Å²) >= 11 is 0. The minimum atomic E-state index is -0.429. The van der Waals surface area contributed by atoms with Crippen molar-refractivity contribution in [2.45, 2.75) is 39.2 Å². The van der Waals surface area contributed by atoms with Crippen molar-refractivity contribution in [1.82, 2.24) is 0 Å².